The van der Waals surface area contributed by atoms with Crippen LogP contribution in [0.5, 0.6) is 0 Å². The van der Waals surface area contributed by atoms with Gasteiger partial charge in [-0.25, -0.2) is 4.79 Å². The van der Waals surface area contributed by atoms with Crippen LogP contribution in [0.3, 0.4) is 0 Å². The maximum Gasteiger partial charge on any atom is 0.338 e. The minimum absolute atomic E-state index is 0.0177. The lowest BCUT2D eigenvalue weighted by atomic mass is 9.75. The van der Waals surface area contributed by atoms with Crippen molar-refractivity contribution in [2.75, 3.05) is 18.5 Å². The first kappa shape index (κ1) is 22.7. The summed E-state index contributed by atoms with van der Waals surface area (Å²) < 4.78 is 10.3. The van der Waals surface area contributed by atoms with E-state index in [0.717, 1.165) is 19.3 Å². The molecule has 172 valence electrons. The SMILES string of the molecule is CCOC(=O)c1ccc(NC(=O)COC(=O)[C@H]2[C@H]3CC[C@@H](C3)[C@H]2C(=O)c2ccccc2)cc1. The van der Waals surface area contributed by atoms with Crippen molar-refractivity contribution < 1.29 is 28.7 Å². The summed E-state index contributed by atoms with van der Waals surface area (Å²) in [4.78, 5) is 50.1. The van der Waals surface area contributed by atoms with E-state index in [1.807, 2.05) is 18.2 Å². The van der Waals surface area contributed by atoms with E-state index in [-0.39, 0.29) is 24.2 Å². The summed E-state index contributed by atoms with van der Waals surface area (Å²) in [5, 5.41) is 2.64. The number of anilines is 1. The number of nitrogens with one attached hydrogen (secondary N) is 1. The number of hydrogen-bond donors (Lipinski definition) is 1. The van der Waals surface area contributed by atoms with Crippen LogP contribution in [0.25, 0.3) is 0 Å². The highest BCUT2D eigenvalue weighted by Crippen LogP contribution is 2.53. The van der Waals surface area contributed by atoms with Gasteiger partial charge < -0.3 is 14.8 Å². The smallest absolute Gasteiger partial charge is 0.338 e. The minimum Gasteiger partial charge on any atom is -0.462 e. The molecule has 2 aromatic rings. The van der Waals surface area contributed by atoms with Crippen LogP contribution in [0.1, 0.15) is 46.9 Å². The second-order valence-corrected chi connectivity index (χ2v) is 8.57. The molecule has 2 aliphatic rings. The summed E-state index contributed by atoms with van der Waals surface area (Å²) in [5.41, 5.74) is 1.46. The highest BCUT2D eigenvalue weighted by Gasteiger charge is 2.54. The summed E-state index contributed by atoms with van der Waals surface area (Å²) in [5.74, 6) is -2.01. The number of ether oxygens (including phenoxy) is 2. The van der Waals surface area contributed by atoms with Gasteiger partial charge in [0.1, 0.15) is 0 Å². The molecule has 2 aromatic carbocycles. The number of ketones is 1. The molecule has 4 rings (SSSR count). The van der Waals surface area contributed by atoms with Crippen LogP contribution in [0.15, 0.2) is 54.6 Å². The lowest BCUT2D eigenvalue weighted by Crippen LogP contribution is -2.37. The van der Waals surface area contributed by atoms with Crippen molar-refractivity contribution in [2.45, 2.75) is 26.2 Å². The molecule has 2 saturated carbocycles. The molecule has 33 heavy (non-hydrogen) atoms. The van der Waals surface area contributed by atoms with Crippen molar-refractivity contribution >= 4 is 29.3 Å². The number of carbonyl (C=O) groups is 4. The number of fused-ring (bicyclic) bond motifs is 2. The summed E-state index contributed by atoms with van der Waals surface area (Å²) in [6.07, 6.45) is 2.70. The first-order valence-electron chi connectivity index (χ1n) is 11.3. The molecule has 0 heterocycles. The fraction of sp³-hybridized carbons (Fsp3) is 0.385. The molecule has 0 aromatic heterocycles. The van der Waals surface area contributed by atoms with Gasteiger partial charge in [0.2, 0.25) is 0 Å². The molecule has 7 heteroatoms. The zero-order valence-corrected chi connectivity index (χ0v) is 18.5. The van der Waals surface area contributed by atoms with E-state index < -0.39 is 36.3 Å². The molecule has 1 amide bonds. The third-order valence-corrected chi connectivity index (χ3v) is 6.57. The van der Waals surface area contributed by atoms with Crippen LogP contribution in [-0.2, 0) is 19.1 Å². The lowest BCUT2D eigenvalue weighted by Gasteiger charge is -2.28. The molecule has 0 unspecified atom stereocenters. The third-order valence-electron chi connectivity index (χ3n) is 6.57. The Balaban J connectivity index is 1.34. The van der Waals surface area contributed by atoms with Crippen LogP contribution in [0, 0.1) is 23.7 Å². The van der Waals surface area contributed by atoms with Crippen molar-refractivity contribution in [1.82, 2.24) is 0 Å². The predicted molar refractivity (Wildman–Crippen MR) is 121 cm³/mol. The standard InChI is InChI=1S/C26H27NO6/c1-2-32-25(30)17-10-12-20(13-11-17)27-21(28)15-33-26(31)23-19-9-8-18(14-19)22(23)24(29)16-6-4-3-5-7-16/h3-7,10-13,18-19,22-23H,2,8-9,14-15H2,1H3,(H,27,28)/t18-,19-,22+,23-/m0/s1. The highest BCUT2D eigenvalue weighted by molar-refractivity contribution is 6.01. The Morgan fingerprint density at radius 3 is 2.18 bits per heavy atom. The van der Waals surface area contributed by atoms with Gasteiger partial charge in [0.15, 0.2) is 12.4 Å². The van der Waals surface area contributed by atoms with E-state index in [1.165, 1.54) is 0 Å². The van der Waals surface area contributed by atoms with Gasteiger partial charge in [0, 0.05) is 17.2 Å². The van der Waals surface area contributed by atoms with E-state index in [1.54, 1.807) is 43.3 Å². The van der Waals surface area contributed by atoms with E-state index in [4.69, 9.17) is 9.47 Å². The molecule has 7 nitrogen and oxygen atoms in total. The van der Waals surface area contributed by atoms with Gasteiger partial charge in [0.25, 0.3) is 5.91 Å². The number of amides is 1. The third kappa shape index (κ3) is 4.97. The largest absolute Gasteiger partial charge is 0.462 e. The summed E-state index contributed by atoms with van der Waals surface area (Å²) in [6.45, 7) is 1.58. The minimum atomic E-state index is -0.506. The van der Waals surface area contributed by atoms with E-state index in [0.29, 0.717) is 16.8 Å². The Labute approximate surface area is 192 Å². The van der Waals surface area contributed by atoms with Crippen molar-refractivity contribution in [3.63, 3.8) is 0 Å². The van der Waals surface area contributed by atoms with Crippen molar-refractivity contribution in [3.05, 3.63) is 65.7 Å². The van der Waals surface area contributed by atoms with Crippen molar-refractivity contribution in [1.29, 1.82) is 0 Å². The maximum atomic E-state index is 13.1. The Bertz CT molecular complexity index is 1030. The van der Waals surface area contributed by atoms with Crippen LogP contribution < -0.4 is 5.32 Å². The molecule has 4 atom stereocenters. The molecule has 0 spiro atoms. The zero-order valence-electron chi connectivity index (χ0n) is 18.5. The summed E-state index contributed by atoms with van der Waals surface area (Å²) in [6, 6.07) is 15.3. The molecule has 1 N–H and O–H groups in total. The normalized spacial score (nSPS) is 23.1. The molecule has 2 aliphatic carbocycles. The zero-order chi connectivity index (χ0) is 23.4. The highest BCUT2D eigenvalue weighted by atomic mass is 16.5. The lowest BCUT2D eigenvalue weighted by molar-refractivity contribution is -0.154. The van der Waals surface area contributed by atoms with Gasteiger partial charge in [-0.3, -0.25) is 14.4 Å². The van der Waals surface area contributed by atoms with E-state index >= 15 is 0 Å². The Morgan fingerprint density at radius 2 is 1.52 bits per heavy atom. The van der Waals surface area contributed by atoms with Crippen LogP contribution in [0.2, 0.25) is 0 Å². The van der Waals surface area contributed by atoms with E-state index in [9.17, 15) is 19.2 Å². The van der Waals surface area contributed by atoms with Crippen LogP contribution in [-0.4, -0.2) is 36.8 Å². The van der Waals surface area contributed by atoms with Gasteiger partial charge in [-0.05, 0) is 62.3 Å². The number of rotatable bonds is 8. The quantitative estimate of drug-likeness (QED) is 0.485. The fourth-order valence-corrected chi connectivity index (χ4v) is 5.14. The number of Topliss-reactive ketones (excluding diaryl/α,β-unsaturated/α-hetero) is 1. The Kier molecular flexibility index (Phi) is 6.87. The first-order valence-corrected chi connectivity index (χ1v) is 11.3. The molecular formula is C26H27NO6. The van der Waals surface area contributed by atoms with Gasteiger partial charge in [0.05, 0.1) is 18.1 Å². The predicted octanol–water partition coefficient (Wildman–Crippen LogP) is 3.89. The maximum absolute atomic E-state index is 13.1. The van der Waals surface area contributed by atoms with Gasteiger partial charge >= 0.3 is 11.9 Å². The van der Waals surface area contributed by atoms with Crippen molar-refractivity contribution in [3.8, 4) is 0 Å². The Morgan fingerprint density at radius 1 is 0.848 bits per heavy atom. The van der Waals surface area contributed by atoms with Crippen molar-refractivity contribution in [2.24, 2.45) is 23.7 Å². The number of carbonyl (C=O) groups excluding carboxylic acids is 4. The second kappa shape index (κ2) is 9.98. The molecule has 0 aliphatic heterocycles. The average molecular weight is 450 g/mol. The number of hydrogen-bond acceptors (Lipinski definition) is 6. The second-order valence-electron chi connectivity index (χ2n) is 8.57. The number of esters is 2. The average Bonchev–Trinajstić information content (AvgIpc) is 3.45. The molecule has 0 saturated heterocycles. The molecular weight excluding hydrogens is 422 g/mol. The monoisotopic (exact) mass is 449 g/mol. The summed E-state index contributed by atoms with van der Waals surface area (Å²) >= 11 is 0. The van der Waals surface area contributed by atoms with Gasteiger partial charge in [-0.15, -0.1) is 0 Å². The van der Waals surface area contributed by atoms with Gasteiger partial charge in [-0.2, -0.15) is 0 Å². The Hall–Kier alpha value is -3.48. The number of benzene rings is 2. The fourth-order valence-electron chi connectivity index (χ4n) is 5.14. The van der Waals surface area contributed by atoms with Crippen LogP contribution >= 0.6 is 0 Å². The topological polar surface area (TPSA) is 98.8 Å². The molecule has 2 bridgehead atoms. The molecule has 0 radical (unpaired) electrons. The van der Waals surface area contributed by atoms with E-state index in [2.05, 4.69) is 5.32 Å². The first-order chi connectivity index (χ1) is 16.0. The van der Waals surface area contributed by atoms with Gasteiger partial charge in [-0.1, -0.05) is 30.3 Å². The summed E-state index contributed by atoms with van der Waals surface area (Å²) in [7, 11) is 0. The molecule has 2 fully saturated rings. The van der Waals surface area contributed by atoms with Crippen LogP contribution in [0.4, 0.5) is 5.69 Å².